The number of piperazine rings is 1. The van der Waals surface area contributed by atoms with Gasteiger partial charge >= 0.3 is 0 Å². The Morgan fingerprint density at radius 1 is 1.11 bits per heavy atom. The molecule has 19 heavy (non-hydrogen) atoms. The molecule has 1 atom stereocenters. The number of nitrogens with zero attached hydrogens (tertiary/aromatic N) is 1. The topological polar surface area (TPSA) is 35.5 Å². The summed E-state index contributed by atoms with van der Waals surface area (Å²) in [7, 11) is 0. The van der Waals surface area contributed by atoms with Crippen molar-refractivity contribution in [2.45, 2.75) is 32.3 Å². The van der Waals surface area contributed by atoms with Crippen LogP contribution in [0.2, 0.25) is 0 Å². The second-order valence-electron chi connectivity index (χ2n) is 5.55. The van der Waals surface area contributed by atoms with Crippen LogP contribution < -0.4 is 5.32 Å². The number of aliphatic hydroxyl groups is 1. The molecule has 106 valence electrons. The minimum Gasteiger partial charge on any atom is -0.393 e. The van der Waals surface area contributed by atoms with Gasteiger partial charge in [-0.25, -0.2) is 0 Å². The van der Waals surface area contributed by atoms with Crippen LogP contribution in [0.15, 0.2) is 24.3 Å². The predicted octanol–water partition coefficient (Wildman–Crippen LogP) is 1.45. The molecule has 0 spiro atoms. The van der Waals surface area contributed by atoms with Gasteiger partial charge in [0.05, 0.1) is 6.10 Å². The fourth-order valence-corrected chi connectivity index (χ4v) is 2.47. The second kappa shape index (κ2) is 7.63. The minimum absolute atomic E-state index is 0.201. The van der Waals surface area contributed by atoms with Gasteiger partial charge in [-0.1, -0.05) is 24.3 Å². The van der Waals surface area contributed by atoms with Crippen molar-refractivity contribution >= 4 is 0 Å². The fraction of sp³-hybridized carbons (Fsp3) is 0.625. The van der Waals surface area contributed by atoms with Crippen molar-refractivity contribution in [2.75, 3.05) is 32.7 Å². The van der Waals surface area contributed by atoms with E-state index in [-0.39, 0.29) is 6.10 Å². The summed E-state index contributed by atoms with van der Waals surface area (Å²) in [6.07, 6.45) is 2.75. The standard InChI is InChI=1S/C16H26N2O/c1-14(19)2-3-15-4-6-16(7-5-15)8-11-18-12-9-17-10-13-18/h4-7,14,17,19H,2-3,8-13H2,1H3. The first-order chi connectivity index (χ1) is 9.24. The lowest BCUT2D eigenvalue weighted by atomic mass is 10.0. The molecule has 1 aliphatic heterocycles. The Bertz CT molecular complexity index is 356. The van der Waals surface area contributed by atoms with Crippen LogP contribution in [0.3, 0.4) is 0 Å². The van der Waals surface area contributed by atoms with Crippen LogP contribution in [0.5, 0.6) is 0 Å². The molecule has 2 rings (SSSR count). The molecule has 1 aliphatic rings. The Morgan fingerprint density at radius 2 is 1.68 bits per heavy atom. The first-order valence-electron chi connectivity index (χ1n) is 7.43. The van der Waals surface area contributed by atoms with Crippen molar-refractivity contribution in [1.82, 2.24) is 10.2 Å². The number of aliphatic hydroxyl groups excluding tert-OH is 1. The first kappa shape index (κ1) is 14.5. The van der Waals surface area contributed by atoms with E-state index < -0.39 is 0 Å². The Hall–Kier alpha value is -0.900. The summed E-state index contributed by atoms with van der Waals surface area (Å²) in [6, 6.07) is 8.88. The zero-order valence-corrected chi connectivity index (χ0v) is 11.9. The number of hydrogen-bond acceptors (Lipinski definition) is 3. The van der Waals surface area contributed by atoms with Crippen molar-refractivity contribution in [3.63, 3.8) is 0 Å². The van der Waals surface area contributed by atoms with Crippen LogP contribution in [-0.4, -0.2) is 48.8 Å². The van der Waals surface area contributed by atoms with Gasteiger partial charge < -0.3 is 15.3 Å². The molecule has 1 fully saturated rings. The maximum absolute atomic E-state index is 9.29. The van der Waals surface area contributed by atoms with Crippen LogP contribution in [-0.2, 0) is 12.8 Å². The molecule has 1 saturated heterocycles. The average molecular weight is 262 g/mol. The van der Waals surface area contributed by atoms with Gasteiger partial charge in [0.2, 0.25) is 0 Å². The van der Waals surface area contributed by atoms with E-state index in [0.717, 1.165) is 38.9 Å². The molecule has 1 unspecified atom stereocenters. The van der Waals surface area contributed by atoms with Gasteiger partial charge in [0.25, 0.3) is 0 Å². The minimum atomic E-state index is -0.201. The van der Waals surface area contributed by atoms with Gasteiger partial charge in [0, 0.05) is 32.7 Å². The number of rotatable bonds is 6. The molecule has 0 saturated carbocycles. The molecule has 3 nitrogen and oxygen atoms in total. The lowest BCUT2D eigenvalue weighted by Crippen LogP contribution is -2.44. The molecule has 1 aromatic carbocycles. The van der Waals surface area contributed by atoms with Crippen molar-refractivity contribution in [3.05, 3.63) is 35.4 Å². The van der Waals surface area contributed by atoms with Gasteiger partial charge in [-0.05, 0) is 37.3 Å². The summed E-state index contributed by atoms with van der Waals surface area (Å²) in [4.78, 5) is 2.53. The van der Waals surface area contributed by atoms with Gasteiger partial charge in [0.15, 0.2) is 0 Å². The zero-order chi connectivity index (χ0) is 13.5. The Morgan fingerprint density at radius 3 is 2.26 bits per heavy atom. The highest BCUT2D eigenvalue weighted by Gasteiger charge is 2.08. The van der Waals surface area contributed by atoms with E-state index in [1.54, 1.807) is 0 Å². The molecular weight excluding hydrogens is 236 g/mol. The van der Waals surface area contributed by atoms with E-state index in [1.165, 1.54) is 24.2 Å². The van der Waals surface area contributed by atoms with E-state index in [1.807, 2.05) is 6.92 Å². The van der Waals surface area contributed by atoms with Gasteiger partial charge in [-0.2, -0.15) is 0 Å². The highest BCUT2D eigenvalue weighted by atomic mass is 16.3. The lowest BCUT2D eigenvalue weighted by Gasteiger charge is -2.27. The van der Waals surface area contributed by atoms with Crippen molar-refractivity contribution < 1.29 is 5.11 Å². The third-order valence-corrected chi connectivity index (χ3v) is 3.80. The third-order valence-electron chi connectivity index (χ3n) is 3.80. The molecule has 0 bridgehead atoms. The fourth-order valence-electron chi connectivity index (χ4n) is 2.47. The highest BCUT2D eigenvalue weighted by molar-refractivity contribution is 5.23. The van der Waals surface area contributed by atoms with E-state index >= 15 is 0 Å². The van der Waals surface area contributed by atoms with Gasteiger partial charge in [-0.3, -0.25) is 0 Å². The van der Waals surface area contributed by atoms with E-state index in [2.05, 4.69) is 34.5 Å². The van der Waals surface area contributed by atoms with Crippen LogP contribution in [0, 0.1) is 0 Å². The molecule has 0 radical (unpaired) electrons. The van der Waals surface area contributed by atoms with Gasteiger partial charge in [0.1, 0.15) is 0 Å². The zero-order valence-electron chi connectivity index (χ0n) is 11.9. The number of nitrogens with one attached hydrogen (secondary N) is 1. The molecule has 2 N–H and O–H groups in total. The summed E-state index contributed by atoms with van der Waals surface area (Å²) >= 11 is 0. The smallest absolute Gasteiger partial charge is 0.0515 e. The Kier molecular flexibility index (Phi) is 5.83. The Labute approximate surface area is 116 Å². The number of aryl methyl sites for hydroxylation is 1. The quantitative estimate of drug-likeness (QED) is 0.814. The largest absolute Gasteiger partial charge is 0.393 e. The van der Waals surface area contributed by atoms with E-state index in [0.29, 0.717) is 0 Å². The molecule has 1 aromatic rings. The monoisotopic (exact) mass is 262 g/mol. The highest BCUT2D eigenvalue weighted by Crippen LogP contribution is 2.09. The lowest BCUT2D eigenvalue weighted by molar-refractivity contribution is 0.185. The normalized spacial score (nSPS) is 18.4. The summed E-state index contributed by atoms with van der Waals surface area (Å²) in [5.41, 5.74) is 2.74. The Balaban J connectivity index is 1.74. The van der Waals surface area contributed by atoms with Crippen molar-refractivity contribution in [3.8, 4) is 0 Å². The molecular formula is C16H26N2O. The first-order valence-corrected chi connectivity index (χ1v) is 7.43. The van der Waals surface area contributed by atoms with Crippen molar-refractivity contribution in [2.24, 2.45) is 0 Å². The predicted molar refractivity (Wildman–Crippen MR) is 79.5 cm³/mol. The van der Waals surface area contributed by atoms with Gasteiger partial charge in [-0.15, -0.1) is 0 Å². The molecule has 0 amide bonds. The van der Waals surface area contributed by atoms with E-state index in [9.17, 15) is 5.11 Å². The van der Waals surface area contributed by atoms with Crippen LogP contribution in [0.4, 0.5) is 0 Å². The van der Waals surface area contributed by atoms with E-state index in [4.69, 9.17) is 0 Å². The third kappa shape index (κ3) is 5.31. The summed E-state index contributed by atoms with van der Waals surface area (Å²) in [6.45, 7) is 7.60. The van der Waals surface area contributed by atoms with Crippen LogP contribution in [0.1, 0.15) is 24.5 Å². The second-order valence-corrected chi connectivity index (χ2v) is 5.55. The van der Waals surface area contributed by atoms with Crippen molar-refractivity contribution in [1.29, 1.82) is 0 Å². The summed E-state index contributed by atoms with van der Waals surface area (Å²) < 4.78 is 0. The average Bonchev–Trinajstić information content (AvgIpc) is 2.45. The number of hydrogen-bond donors (Lipinski definition) is 2. The van der Waals surface area contributed by atoms with Crippen LogP contribution in [0.25, 0.3) is 0 Å². The molecule has 3 heteroatoms. The molecule has 0 aliphatic carbocycles. The summed E-state index contributed by atoms with van der Waals surface area (Å²) in [5.74, 6) is 0. The molecule has 1 heterocycles. The molecule has 0 aromatic heterocycles. The maximum atomic E-state index is 9.29. The maximum Gasteiger partial charge on any atom is 0.0515 e. The van der Waals surface area contributed by atoms with Crippen LogP contribution >= 0.6 is 0 Å². The SMILES string of the molecule is CC(O)CCc1ccc(CCN2CCNCC2)cc1. The number of benzene rings is 1. The summed E-state index contributed by atoms with van der Waals surface area (Å²) in [5, 5.41) is 12.7.